The van der Waals surface area contributed by atoms with Crippen LogP contribution in [0.5, 0.6) is 0 Å². The van der Waals surface area contributed by atoms with Crippen LogP contribution in [0, 0.1) is 5.41 Å². The Labute approximate surface area is 78.7 Å². The maximum absolute atomic E-state index is 4.58. The first kappa shape index (κ1) is 8.42. The predicted octanol–water partition coefficient (Wildman–Crippen LogP) is 2.76. The number of hydrogen-bond acceptors (Lipinski definition) is 2. The van der Waals surface area contributed by atoms with Crippen LogP contribution >= 0.6 is 0 Å². The van der Waals surface area contributed by atoms with E-state index in [4.69, 9.17) is 0 Å². The SMILES string of the molecule is CC(C)(C)C1=Nc2cnccc2C1. The average molecular weight is 174 g/mol. The fraction of sp³-hybridized carbons (Fsp3) is 0.455. The Morgan fingerprint density at radius 3 is 2.69 bits per heavy atom. The minimum atomic E-state index is 0.180. The maximum atomic E-state index is 4.58. The lowest BCUT2D eigenvalue weighted by Gasteiger charge is -2.17. The summed E-state index contributed by atoms with van der Waals surface area (Å²) in [6.45, 7) is 6.60. The summed E-state index contributed by atoms with van der Waals surface area (Å²) >= 11 is 0. The molecule has 0 unspecified atom stereocenters. The summed E-state index contributed by atoms with van der Waals surface area (Å²) in [7, 11) is 0. The summed E-state index contributed by atoms with van der Waals surface area (Å²) in [5.41, 5.74) is 3.79. The lowest BCUT2D eigenvalue weighted by molar-refractivity contribution is 0.584. The molecule has 1 aromatic rings. The molecule has 1 aliphatic heterocycles. The van der Waals surface area contributed by atoms with Gasteiger partial charge in [-0.2, -0.15) is 0 Å². The zero-order valence-electron chi connectivity index (χ0n) is 8.33. The number of rotatable bonds is 0. The molecule has 0 N–H and O–H groups in total. The zero-order valence-corrected chi connectivity index (χ0v) is 8.33. The quantitative estimate of drug-likeness (QED) is 0.593. The Morgan fingerprint density at radius 1 is 1.31 bits per heavy atom. The van der Waals surface area contributed by atoms with E-state index in [9.17, 15) is 0 Å². The van der Waals surface area contributed by atoms with E-state index < -0.39 is 0 Å². The predicted molar refractivity (Wildman–Crippen MR) is 54.5 cm³/mol. The van der Waals surface area contributed by atoms with Gasteiger partial charge in [-0.25, -0.2) is 0 Å². The van der Waals surface area contributed by atoms with Crippen molar-refractivity contribution >= 4 is 11.4 Å². The molecular weight excluding hydrogens is 160 g/mol. The Kier molecular flexibility index (Phi) is 1.72. The molecule has 2 heterocycles. The molecule has 2 rings (SSSR count). The van der Waals surface area contributed by atoms with Gasteiger partial charge in [0.1, 0.15) is 0 Å². The van der Waals surface area contributed by atoms with Crippen LogP contribution in [0.25, 0.3) is 0 Å². The summed E-state index contributed by atoms with van der Waals surface area (Å²) < 4.78 is 0. The molecule has 0 radical (unpaired) electrons. The molecule has 2 nitrogen and oxygen atoms in total. The third-order valence-electron chi connectivity index (χ3n) is 2.37. The fourth-order valence-corrected chi connectivity index (χ4v) is 1.46. The van der Waals surface area contributed by atoms with Crippen molar-refractivity contribution in [1.29, 1.82) is 0 Å². The zero-order chi connectivity index (χ0) is 9.47. The van der Waals surface area contributed by atoms with Gasteiger partial charge in [0.05, 0.1) is 11.9 Å². The van der Waals surface area contributed by atoms with E-state index in [-0.39, 0.29) is 5.41 Å². The lowest BCUT2D eigenvalue weighted by atomic mass is 9.88. The minimum absolute atomic E-state index is 0.180. The van der Waals surface area contributed by atoms with Gasteiger partial charge in [0, 0.05) is 23.7 Å². The highest BCUT2D eigenvalue weighted by atomic mass is 14.8. The molecule has 2 heteroatoms. The van der Waals surface area contributed by atoms with Crippen LogP contribution in [0.1, 0.15) is 26.3 Å². The van der Waals surface area contributed by atoms with Crippen LogP contribution < -0.4 is 0 Å². The summed E-state index contributed by atoms with van der Waals surface area (Å²) in [5, 5.41) is 0. The second-order valence-electron chi connectivity index (χ2n) is 4.49. The van der Waals surface area contributed by atoms with Gasteiger partial charge in [0.2, 0.25) is 0 Å². The van der Waals surface area contributed by atoms with Gasteiger partial charge in [-0.1, -0.05) is 20.8 Å². The second kappa shape index (κ2) is 2.66. The molecule has 0 aromatic carbocycles. The first-order valence-electron chi connectivity index (χ1n) is 4.58. The molecule has 0 bridgehead atoms. The van der Waals surface area contributed by atoms with Crippen molar-refractivity contribution in [1.82, 2.24) is 4.98 Å². The fourth-order valence-electron chi connectivity index (χ4n) is 1.46. The van der Waals surface area contributed by atoms with Crippen molar-refractivity contribution in [3.63, 3.8) is 0 Å². The number of pyridine rings is 1. The average Bonchev–Trinajstić information content (AvgIpc) is 2.45. The largest absolute Gasteiger partial charge is 0.262 e. The van der Waals surface area contributed by atoms with Gasteiger partial charge in [-0.05, 0) is 11.6 Å². The topological polar surface area (TPSA) is 25.2 Å². The Balaban J connectivity index is 2.37. The number of aromatic nitrogens is 1. The summed E-state index contributed by atoms with van der Waals surface area (Å²) in [6, 6.07) is 2.05. The highest BCUT2D eigenvalue weighted by Crippen LogP contribution is 2.31. The minimum Gasteiger partial charge on any atom is -0.262 e. The summed E-state index contributed by atoms with van der Waals surface area (Å²) in [6.07, 6.45) is 4.66. The van der Waals surface area contributed by atoms with Crippen LogP contribution in [0.4, 0.5) is 5.69 Å². The number of hydrogen-bond donors (Lipinski definition) is 0. The van der Waals surface area contributed by atoms with E-state index in [1.807, 2.05) is 12.4 Å². The van der Waals surface area contributed by atoms with Crippen molar-refractivity contribution in [3.05, 3.63) is 24.0 Å². The molecule has 1 aromatic heterocycles. The molecule has 0 fully saturated rings. The molecule has 0 aliphatic carbocycles. The standard InChI is InChI=1S/C11H14N2/c1-11(2,3)10-6-8-4-5-12-7-9(8)13-10/h4-5,7H,6H2,1-3H3. The third kappa shape index (κ3) is 1.48. The molecule has 0 spiro atoms. The second-order valence-corrected chi connectivity index (χ2v) is 4.49. The molecule has 0 amide bonds. The number of fused-ring (bicyclic) bond motifs is 1. The van der Waals surface area contributed by atoms with Gasteiger partial charge in [-0.15, -0.1) is 0 Å². The lowest BCUT2D eigenvalue weighted by Crippen LogP contribution is -2.19. The summed E-state index contributed by atoms with van der Waals surface area (Å²) in [5.74, 6) is 0. The van der Waals surface area contributed by atoms with E-state index in [0.29, 0.717) is 0 Å². The van der Waals surface area contributed by atoms with E-state index >= 15 is 0 Å². The molecule has 0 saturated heterocycles. The van der Waals surface area contributed by atoms with Gasteiger partial charge in [0.15, 0.2) is 0 Å². The first-order chi connectivity index (χ1) is 6.07. The van der Waals surface area contributed by atoms with Crippen molar-refractivity contribution in [2.75, 3.05) is 0 Å². The molecule has 1 aliphatic rings. The normalized spacial score (nSPS) is 15.5. The van der Waals surface area contributed by atoms with Crippen molar-refractivity contribution in [2.24, 2.45) is 10.4 Å². The van der Waals surface area contributed by atoms with Crippen LogP contribution in [-0.2, 0) is 6.42 Å². The highest BCUT2D eigenvalue weighted by Gasteiger charge is 2.24. The first-order valence-corrected chi connectivity index (χ1v) is 4.58. The monoisotopic (exact) mass is 174 g/mol. The molecule has 68 valence electrons. The van der Waals surface area contributed by atoms with Crippen molar-refractivity contribution < 1.29 is 0 Å². The Hall–Kier alpha value is -1.18. The molecule has 13 heavy (non-hydrogen) atoms. The van der Waals surface area contributed by atoms with Gasteiger partial charge >= 0.3 is 0 Å². The van der Waals surface area contributed by atoms with Crippen molar-refractivity contribution in [3.8, 4) is 0 Å². The van der Waals surface area contributed by atoms with Crippen LogP contribution in [-0.4, -0.2) is 10.7 Å². The van der Waals surface area contributed by atoms with Gasteiger partial charge in [0.25, 0.3) is 0 Å². The molecule has 0 saturated carbocycles. The Morgan fingerprint density at radius 2 is 2.08 bits per heavy atom. The smallest absolute Gasteiger partial charge is 0.0848 e. The van der Waals surface area contributed by atoms with E-state index in [2.05, 4.69) is 36.8 Å². The number of aliphatic imine (C=N–C) groups is 1. The van der Waals surface area contributed by atoms with Crippen molar-refractivity contribution in [2.45, 2.75) is 27.2 Å². The molecular formula is C11H14N2. The highest BCUT2D eigenvalue weighted by molar-refractivity contribution is 5.97. The van der Waals surface area contributed by atoms with E-state index in [1.54, 1.807) is 0 Å². The van der Waals surface area contributed by atoms with E-state index in [1.165, 1.54) is 11.3 Å². The van der Waals surface area contributed by atoms with Gasteiger partial charge < -0.3 is 0 Å². The third-order valence-corrected chi connectivity index (χ3v) is 2.37. The van der Waals surface area contributed by atoms with E-state index in [0.717, 1.165) is 12.1 Å². The summed E-state index contributed by atoms with van der Waals surface area (Å²) in [4.78, 5) is 8.64. The maximum Gasteiger partial charge on any atom is 0.0848 e. The van der Waals surface area contributed by atoms with Crippen LogP contribution in [0.3, 0.4) is 0 Å². The molecule has 0 atom stereocenters. The Bertz CT molecular complexity index is 359. The van der Waals surface area contributed by atoms with Gasteiger partial charge in [-0.3, -0.25) is 9.98 Å². The van der Waals surface area contributed by atoms with Crippen LogP contribution in [0.2, 0.25) is 0 Å². The van der Waals surface area contributed by atoms with Crippen LogP contribution in [0.15, 0.2) is 23.5 Å². The number of nitrogens with zero attached hydrogens (tertiary/aromatic N) is 2.